The third kappa shape index (κ3) is 2.27. The summed E-state index contributed by atoms with van der Waals surface area (Å²) in [5.74, 6) is -0.233. The number of aromatic hydroxyl groups is 1. The zero-order chi connectivity index (χ0) is 15.1. The van der Waals surface area contributed by atoms with Crippen LogP contribution in [-0.4, -0.2) is 54.3 Å². The van der Waals surface area contributed by atoms with Gasteiger partial charge in [-0.2, -0.15) is 4.31 Å². The molecule has 1 aliphatic heterocycles. The predicted molar refractivity (Wildman–Crippen MR) is 73.7 cm³/mol. The predicted octanol–water partition coefficient (Wildman–Crippen LogP) is 0.633. The summed E-state index contributed by atoms with van der Waals surface area (Å²) in [5.41, 5.74) is -1.12. The van der Waals surface area contributed by atoms with Gasteiger partial charge in [0.15, 0.2) is 0 Å². The van der Waals surface area contributed by atoms with E-state index in [1.807, 2.05) is 0 Å². The molecule has 0 spiro atoms. The second-order valence-corrected chi connectivity index (χ2v) is 7.22. The van der Waals surface area contributed by atoms with Crippen molar-refractivity contribution in [2.45, 2.75) is 24.3 Å². The van der Waals surface area contributed by atoms with Gasteiger partial charge in [-0.3, -0.25) is 4.79 Å². The maximum absolute atomic E-state index is 12.6. The Morgan fingerprint density at radius 3 is 2.25 bits per heavy atom. The largest absolute Gasteiger partial charge is 0.508 e. The van der Waals surface area contributed by atoms with E-state index in [4.69, 9.17) is 0 Å². The van der Waals surface area contributed by atoms with Crippen LogP contribution in [0, 0.1) is 0 Å². The molecule has 1 fully saturated rings. The third-order valence-corrected chi connectivity index (χ3v) is 5.64. The first-order valence-corrected chi connectivity index (χ1v) is 7.69. The summed E-state index contributed by atoms with van der Waals surface area (Å²) in [6.45, 7) is 3.81. The van der Waals surface area contributed by atoms with Gasteiger partial charge in [0, 0.05) is 20.1 Å². The van der Waals surface area contributed by atoms with Crippen LogP contribution in [-0.2, 0) is 14.8 Å². The summed E-state index contributed by atoms with van der Waals surface area (Å²) >= 11 is 0. The van der Waals surface area contributed by atoms with Gasteiger partial charge in [0.25, 0.3) is 0 Å². The number of benzene rings is 1. The summed E-state index contributed by atoms with van der Waals surface area (Å²) in [6.07, 6.45) is 0. The lowest BCUT2D eigenvalue weighted by molar-refractivity contribution is -0.142. The van der Waals surface area contributed by atoms with Crippen molar-refractivity contribution in [1.82, 2.24) is 9.21 Å². The normalized spacial score (nSPS) is 20.1. The van der Waals surface area contributed by atoms with Crippen LogP contribution in [0.15, 0.2) is 29.2 Å². The number of hydrogen-bond donors (Lipinski definition) is 1. The van der Waals surface area contributed by atoms with Crippen molar-refractivity contribution in [1.29, 1.82) is 0 Å². The maximum atomic E-state index is 12.6. The molecular formula is C13H18N2O4S. The molecule has 7 heteroatoms. The van der Waals surface area contributed by atoms with E-state index in [1.54, 1.807) is 20.9 Å². The molecule has 6 nitrogen and oxygen atoms in total. The first kappa shape index (κ1) is 14.8. The number of hydrogen-bond acceptors (Lipinski definition) is 4. The lowest BCUT2D eigenvalue weighted by atomic mass is 10.0. The summed E-state index contributed by atoms with van der Waals surface area (Å²) in [4.78, 5) is 13.8. The Balaban J connectivity index is 2.44. The van der Waals surface area contributed by atoms with E-state index in [0.717, 1.165) is 0 Å². The van der Waals surface area contributed by atoms with E-state index >= 15 is 0 Å². The molecule has 1 aliphatic rings. The lowest BCUT2D eigenvalue weighted by Crippen LogP contribution is -2.63. The van der Waals surface area contributed by atoms with E-state index < -0.39 is 15.6 Å². The maximum Gasteiger partial charge on any atom is 0.244 e. The number of nitrogens with zero attached hydrogens (tertiary/aromatic N) is 2. The standard InChI is InChI=1S/C13H18N2O4S/c1-13(2)12(17)14(3)8-9-15(13)20(18,19)11-6-4-10(16)5-7-11/h4-7,16H,8-9H2,1-3H3. The molecule has 1 amide bonds. The molecule has 1 aromatic carbocycles. The minimum Gasteiger partial charge on any atom is -0.508 e. The van der Waals surface area contributed by atoms with Crippen molar-refractivity contribution in [3.63, 3.8) is 0 Å². The Labute approximate surface area is 118 Å². The molecule has 1 saturated heterocycles. The van der Waals surface area contributed by atoms with Crippen molar-refractivity contribution < 1.29 is 18.3 Å². The van der Waals surface area contributed by atoms with Crippen LogP contribution in [0.5, 0.6) is 5.75 Å². The molecule has 0 atom stereocenters. The van der Waals surface area contributed by atoms with Gasteiger partial charge < -0.3 is 10.0 Å². The average Bonchev–Trinajstić information content (AvgIpc) is 2.36. The zero-order valence-electron chi connectivity index (χ0n) is 11.7. The summed E-state index contributed by atoms with van der Waals surface area (Å²) < 4.78 is 26.5. The smallest absolute Gasteiger partial charge is 0.244 e. The highest BCUT2D eigenvalue weighted by Gasteiger charge is 2.46. The van der Waals surface area contributed by atoms with Gasteiger partial charge in [0.05, 0.1) is 4.90 Å². The van der Waals surface area contributed by atoms with Crippen molar-refractivity contribution >= 4 is 15.9 Å². The number of amides is 1. The number of phenolic OH excluding ortho intramolecular Hbond substituents is 1. The first-order valence-electron chi connectivity index (χ1n) is 6.25. The molecular weight excluding hydrogens is 280 g/mol. The minimum absolute atomic E-state index is 0.00216. The molecule has 0 saturated carbocycles. The number of carbonyl (C=O) groups is 1. The Morgan fingerprint density at radius 2 is 1.70 bits per heavy atom. The molecule has 0 aliphatic carbocycles. The summed E-state index contributed by atoms with van der Waals surface area (Å²) in [6, 6.07) is 5.31. The second kappa shape index (κ2) is 4.75. The Hall–Kier alpha value is -1.60. The lowest BCUT2D eigenvalue weighted by Gasteiger charge is -2.43. The van der Waals surface area contributed by atoms with Gasteiger partial charge >= 0.3 is 0 Å². The molecule has 0 bridgehead atoms. The average molecular weight is 298 g/mol. The number of piperazine rings is 1. The van der Waals surface area contributed by atoms with Crippen LogP contribution in [0.4, 0.5) is 0 Å². The number of rotatable bonds is 2. The van der Waals surface area contributed by atoms with E-state index in [-0.39, 0.29) is 23.1 Å². The monoisotopic (exact) mass is 298 g/mol. The van der Waals surface area contributed by atoms with Crippen LogP contribution >= 0.6 is 0 Å². The van der Waals surface area contributed by atoms with Gasteiger partial charge in [-0.25, -0.2) is 8.42 Å². The molecule has 1 N–H and O–H groups in total. The highest BCUT2D eigenvalue weighted by atomic mass is 32.2. The second-order valence-electron chi connectivity index (χ2n) is 5.36. The van der Waals surface area contributed by atoms with Gasteiger partial charge in [0.1, 0.15) is 11.3 Å². The zero-order valence-corrected chi connectivity index (χ0v) is 12.5. The fraction of sp³-hybridized carbons (Fsp3) is 0.462. The van der Waals surface area contributed by atoms with Crippen molar-refractivity contribution in [2.24, 2.45) is 0 Å². The van der Waals surface area contributed by atoms with Gasteiger partial charge in [-0.15, -0.1) is 0 Å². The van der Waals surface area contributed by atoms with E-state index in [2.05, 4.69) is 0 Å². The SMILES string of the molecule is CN1CCN(S(=O)(=O)c2ccc(O)cc2)C(C)(C)C1=O. The molecule has 0 aromatic heterocycles. The molecule has 2 rings (SSSR count). The van der Waals surface area contributed by atoms with Crippen LogP contribution in [0.3, 0.4) is 0 Å². The van der Waals surface area contributed by atoms with Crippen molar-refractivity contribution in [3.8, 4) is 5.75 Å². The molecule has 110 valence electrons. The molecule has 0 radical (unpaired) electrons. The van der Waals surface area contributed by atoms with E-state index in [0.29, 0.717) is 6.54 Å². The van der Waals surface area contributed by atoms with Crippen LogP contribution in [0.25, 0.3) is 0 Å². The van der Waals surface area contributed by atoms with Gasteiger partial charge in [-0.1, -0.05) is 0 Å². The third-order valence-electron chi connectivity index (χ3n) is 3.56. The van der Waals surface area contributed by atoms with E-state index in [1.165, 1.54) is 33.5 Å². The highest BCUT2D eigenvalue weighted by molar-refractivity contribution is 7.89. The highest BCUT2D eigenvalue weighted by Crippen LogP contribution is 2.29. The molecule has 20 heavy (non-hydrogen) atoms. The number of carbonyl (C=O) groups excluding carboxylic acids is 1. The Morgan fingerprint density at radius 1 is 1.15 bits per heavy atom. The first-order chi connectivity index (χ1) is 9.17. The number of likely N-dealkylation sites (N-methyl/N-ethyl adjacent to an activating group) is 1. The number of phenols is 1. The molecule has 0 unspecified atom stereocenters. The van der Waals surface area contributed by atoms with Gasteiger partial charge in [-0.05, 0) is 38.1 Å². The molecule has 1 heterocycles. The number of sulfonamides is 1. The Bertz CT molecular complexity index is 622. The quantitative estimate of drug-likeness (QED) is 0.869. The van der Waals surface area contributed by atoms with Crippen LogP contribution in [0.2, 0.25) is 0 Å². The summed E-state index contributed by atoms with van der Waals surface area (Å²) in [5, 5.41) is 9.24. The molecule has 1 aromatic rings. The van der Waals surface area contributed by atoms with Crippen molar-refractivity contribution in [2.75, 3.05) is 20.1 Å². The van der Waals surface area contributed by atoms with Gasteiger partial charge in [0.2, 0.25) is 15.9 Å². The van der Waals surface area contributed by atoms with E-state index in [9.17, 15) is 18.3 Å². The van der Waals surface area contributed by atoms with Crippen LogP contribution in [0.1, 0.15) is 13.8 Å². The Kier molecular flexibility index (Phi) is 3.51. The summed E-state index contributed by atoms with van der Waals surface area (Å²) in [7, 11) is -2.11. The fourth-order valence-electron chi connectivity index (χ4n) is 2.36. The fourth-order valence-corrected chi connectivity index (χ4v) is 4.10. The van der Waals surface area contributed by atoms with Crippen LogP contribution < -0.4 is 0 Å². The minimum atomic E-state index is -3.77. The van der Waals surface area contributed by atoms with Crippen molar-refractivity contribution in [3.05, 3.63) is 24.3 Å². The topological polar surface area (TPSA) is 77.9 Å².